The van der Waals surface area contributed by atoms with Crippen molar-refractivity contribution in [3.8, 4) is 11.4 Å². The Hall–Kier alpha value is -2.57. The first-order chi connectivity index (χ1) is 13.9. The number of likely N-dealkylation sites (N-methyl/N-ethyl adjacent to an activating group) is 1. The monoisotopic (exact) mass is 432 g/mol. The van der Waals surface area contributed by atoms with Crippen molar-refractivity contribution in [3.63, 3.8) is 0 Å². The Morgan fingerprint density at radius 1 is 1.17 bits per heavy atom. The molecule has 152 valence electrons. The molecule has 0 atom stereocenters. The van der Waals surface area contributed by atoms with Crippen LogP contribution in [0.15, 0.2) is 42.5 Å². The number of hydrogen-bond acceptors (Lipinski definition) is 4. The smallest absolute Gasteiger partial charge is 0.293 e. The average Bonchev–Trinajstić information content (AvgIpc) is 3.11. The number of hydrogen-bond donors (Lipinski definition) is 0. The van der Waals surface area contributed by atoms with E-state index < -0.39 is 0 Å². The van der Waals surface area contributed by atoms with Gasteiger partial charge in [-0.15, -0.1) is 5.10 Å². The molecule has 0 bridgehead atoms. The molecule has 0 N–H and O–H groups in total. The summed E-state index contributed by atoms with van der Waals surface area (Å²) >= 11 is 12.6. The fourth-order valence-electron chi connectivity index (χ4n) is 2.81. The van der Waals surface area contributed by atoms with Crippen LogP contribution < -0.4 is 4.74 Å². The SMILES string of the molecule is CCc1nc(C(=O)N(C)CCOc2cccc(C)c2)nn1-c1c(Cl)cccc1Cl. The number of para-hydroxylation sites is 1. The van der Waals surface area contributed by atoms with E-state index in [-0.39, 0.29) is 11.7 Å². The molecule has 0 saturated carbocycles. The maximum atomic E-state index is 12.8. The number of halogens is 2. The Morgan fingerprint density at radius 2 is 1.86 bits per heavy atom. The Labute approximate surface area is 180 Å². The second-order valence-corrected chi connectivity index (χ2v) is 7.39. The van der Waals surface area contributed by atoms with Crippen LogP contribution in [0.25, 0.3) is 5.69 Å². The van der Waals surface area contributed by atoms with Gasteiger partial charge < -0.3 is 9.64 Å². The van der Waals surface area contributed by atoms with Crippen molar-refractivity contribution in [2.24, 2.45) is 0 Å². The van der Waals surface area contributed by atoms with Gasteiger partial charge in [-0.25, -0.2) is 9.67 Å². The molecule has 3 rings (SSSR count). The van der Waals surface area contributed by atoms with Gasteiger partial charge in [0.05, 0.1) is 16.6 Å². The van der Waals surface area contributed by atoms with E-state index in [0.29, 0.717) is 41.1 Å². The first-order valence-electron chi connectivity index (χ1n) is 9.26. The summed E-state index contributed by atoms with van der Waals surface area (Å²) in [5.74, 6) is 1.17. The van der Waals surface area contributed by atoms with Crippen LogP contribution in [0.4, 0.5) is 0 Å². The Bertz CT molecular complexity index is 999. The van der Waals surface area contributed by atoms with Crippen LogP contribution in [0, 0.1) is 6.92 Å². The second kappa shape index (κ2) is 9.29. The first-order valence-corrected chi connectivity index (χ1v) is 10.0. The van der Waals surface area contributed by atoms with Crippen LogP contribution in [0.2, 0.25) is 10.0 Å². The van der Waals surface area contributed by atoms with E-state index in [4.69, 9.17) is 27.9 Å². The minimum absolute atomic E-state index is 0.0934. The number of aromatic nitrogens is 3. The summed E-state index contributed by atoms with van der Waals surface area (Å²) in [6.07, 6.45) is 0.571. The van der Waals surface area contributed by atoms with E-state index in [1.165, 1.54) is 9.58 Å². The molecular formula is C21H22Cl2N4O2. The fraction of sp³-hybridized carbons (Fsp3) is 0.286. The molecule has 0 aliphatic carbocycles. The van der Waals surface area contributed by atoms with Gasteiger partial charge in [-0.3, -0.25) is 4.79 Å². The van der Waals surface area contributed by atoms with E-state index >= 15 is 0 Å². The lowest BCUT2D eigenvalue weighted by atomic mass is 10.2. The fourth-order valence-corrected chi connectivity index (χ4v) is 3.37. The normalized spacial score (nSPS) is 10.8. The number of rotatable bonds is 7. The summed E-state index contributed by atoms with van der Waals surface area (Å²) < 4.78 is 7.26. The Morgan fingerprint density at radius 3 is 2.52 bits per heavy atom. The van der Waals surface area contributed by atoms with Crippen molar-refractivity contribution < 1.29 is 9.53 Å². The zero-order valence-electron chi connectivity index (χ0n) is 16.5. The van der Waals surface area contributed by atoms with Gasteiger partial charge in [0.15, 0.2) is 0 Å². The van der Waals surface area contributed by atoms with Crippen molar-refractivity contribution >= 4 is 29.1 Å². The zero-order chi connectivity index (χ0) is 21.0. The van der Waals surface area contributed by atoms with Crippen molar-refractivity contribution in [2.45, 2.75) is 20.3 Å². The summed E-state index contributed by atoms with van der Waals surface area (Å²) in [6, 6.07) is 13.0. The number of benzene rings is 2. The maximum Gasteiger partial charge on any atom is 0.293 e. The predicted octanol–water partition coefficient (Wildman–Crippen LogP) is 4.60. The summed E-state index contributed by atoms with van der Waals surface area (Å²) in [4.78, 5) is 18.7. The summed E-state index contributed by atoms with van der Waals surface area (Å²) in [7, 11) is 1.69. The quantitative estimate of drug-likeness (QED) is 0.547. The van der Waals surface area contributed by atoms with Crippen molar-refractivity contribution in [1.82, 2.24) is 19.7 Å². The molecule has 2 aromatic carbocycles. The number of carbonyl (C=O) groups excluding carboxylic acids is 1. The van der Waals surface area contributed by atoms with Crippen LogP contribution in [0.1, 0.15) is 28.9 Å². The number of nitrogens with zero attached hydrogens (tertiary/aromatic N) is 4. The van der Waals surface area contributed by atoms with Gasteiger partial charge in [-0.05, 0) is 36.8 Å². The van der Waals surface area contributed by atoms with E-state index in [2.05, 4.69) is 10.1 Å². The van der Waals surface area contributed by atoms with Crippen LogP contribution in [0.5, 0.6) is 5.75 Å². The van der Waals surface area contributed by atoms with Gasteiger partial charge >= 0.3 is 0 Å². The number of carbonyl (C=O) groups is 1. The molecule has 3 aromatic rings. The van der Waals surface area contributed by atoms with E-state index in [1.54, 1.807) is 25.2 Å². The van der Waals surface area contributed by atoms with Gasteiger partial charge in [0, 0.05) is 13.5 Å². The molecular weight excluding hydrogens is 411 g/mol. The van der Waals surface area contributed by atoms with Gasteiger partial charge in [-0.2, -0.15) is 0 Å². The third-order valence-corrected chi connectivity index (χ3v) is 4.97. The van der Waals surface area contributed by atoms with E-state index in [0.717, 1.165) is 11.3 Å². The van der Waals surface area contributed by atoms with Gasteiger partial charge in [-0.1, -0.05) is 48.3 Å². The largest absolute Gasteiger partial charge is 0.492 e. The molecule has 1 amide bonds. The number of aryl methyl sites for hydroxylation is 2. The summed E-state index contributed by atoms with van der Waals surface area (Å²) in [6.45, 7) is 4.69. The van der Waals surface area contributed by atoms with Crippen molar-refractivity contribution in [3.05, 3.63) is 69.7 Å². The van der Waals surface area contributed by atoms with E-state index in [9.17, 15) is 4.79 Å². The molecule has 8 heteroatoms. The lowest BCUT2D eigenvalue weighted by Gasteiger charge is -2.16. The summed E-state index contributed by atoms with van der Waals surface area (Å²) in [5.41, 5.74) is 1.64. The highest BCUT2D eigenvalue weighted by Crippen LogP contribution is 2.28. The first kappa shape index (κ1) is 21.1. The molecule has 1 aromatic heterocycles. The molecule has 29 heavy (non-hydrogen) atoms. The molecule has 0 unspecified atom stereocenters. The lowest BCUT2D eigenvalue weighted by molar-refractivity contribution is 0.0761. The molecule has 0 saturated heterocycles. The average molecular weight is 433 g/mol. The molecule has 0 fully saturated rings. The van der Waals surface area contributed by atoms with Crippen LogP contribution in [-0.4, -0.2) is 45.8 Å². The molecule has 0 aliphatic rings. The maximum absolute atomic E-state index is 12.8. The molecule has 0 aliphatic heterocycles. The summed E-state index contributed by atoms with van der Waals surface area (Å²) in [5, 5.41) is 5.26. The van der Waals surface area contributed by atoms with Crippen LogP contribution in [0.3, 0.4) is 0 Å². The van der Waals surface area contributed by atoms with Gasteiger partial charge in [0.1, 0.15) is 23.9 Å². The molecule has 6 nitrogen and oxygen atoms in total. The highest BCUT2D eigenvalue weighted by atomic mass is 35.5. The highest BCUT2D eigenvalue weighted by Gasteiger charge is 2.22. The third kappa shape index (κ3) is 4.89. The van der Waals surface area contributed by atoms with Crippen molar-refractivity contribution in [1.29, 1.82) is 0 Å². The second-order valence-electron chi connectivity index (χ2n) is 6.58. The molecule has 1 heterocycles. The topological polar surface area (TPSA) is 60.3 Å². The van der Waals surface area contributed by atoms with Crippen molar-refractivity contribution in [2.75, 3.05) is 20.2 Å². The lowest BCUT2D eigenvalue weighted by Crippen LogP contribution is -2.31. The van der Waals surface area contributed by atoms with Crippen LogP contribution in [-0.2, 0) is 6.42 Å². The zero-order valence-corrected chi connectivity index (χ0v) is 18.0. The van der Waals surface area contributed by atoms with Gasteiger partial charge in [0.25, 0.3) is 5.91 Å². The van der Waals surface area contributed by atoms with E-state index in [1.807, 2.05) is 38.1 Å². The Kier molecular flexibility index (Phi) is 6.77. The van der Waals surface area contributed by atoms with Crippen LogP contribution >= 0.6 is 23.2 Å². The highest BCUT2D eigenvalue weighted by molar-refractivity contribution is 6.37. The number of amides is 1. The minimum atomic E-state index is -0.297. The Balaban J connectivity index is 1.73. The number of ether oxygens (including phenoxy) is 1. The predicted molar refractivity (Wildman–Crippen MR) is 114 cm³/mol. The molecule has 0 radical (unpaired) electrons. The molecule has 0 spiro atoms. The standard InChI is InChI=1S/C21H22Cl2N4O2/c1-4-18-24-20(25-27(18)19-16(22)9-6-10-17(19)23)21(28)26(3)11-12-29-15-8-5-7-14(2)13-15/h5-10,13H,4,11-12H2,1-3H3. The third-order valence-electron chi connectivity index (χ3n) is 4.36. The van der Waals surface area contributed by atoms with Gasteiger partial charge in [0.2, 0.25) is 5.82 Å². The minimum Gasteiger partial charge on any atom is -0.492 e.